The van der Waals surface area contributed by atoms with Crippen LogP contribution in [-0.4, -0.2) is 24.4 Å². The van der Waals surface area contributed by atoms with E-state index in [1.807, 2.05) is 19.1 Å². The maximum Gasteiger partial charge on any atom is 0.145 e. The van der Waals surface area contributed by atoms with Gasteiger partial charge in [-0.2, -0.15) is 5.10 Å². The van der Waals surface area contributed by atoms with E-state index in [2.05, 4.69) is 10.2 Å². The van der Waals surface area contributed by atoms with Crippen molar-refractivity contribution in [3.05, 3.63) is 23.8 Å². The fourth-order valence-electron chi connectivity index (χ4n) is 1.85. The number of methoxy groups -OCH3 is 2. The molecule has 0 aliphatic carbocycles. The second kappa shape index (κ2) is 4.37. The summed E-state index contributed by atoms with van der Waals surface area (Å²) in [5, 5.41) is 6.77. The molecule has 5 nitrogen and oxygen atoms in total. The molecule has 0 radical (unpaired) electrons. The maximum absolute atomic E-state index is 5.59. The number of benzene rings is 1. The van der Waals surface area contributed by atoms with Gasteiger partial charge in [-0.3, -0.25) is 5.10 Å². The molecule has 3 N–H and O–H groups in total. The first-order valence-electron chi connectivity index (χ1n) is 5.20. The van der Waals surface area contributed by atoms with Gasteiger partial charge in [-0.05, 0) is 19.1 Å². The molecule has 0 atom stereocenters. The van der Waals surface area contributed by atoms with Crippen LogP contribution < -0.4 is 15.2 Å². The van der Waals surface area contributed by atoms with Crippen LogP contribution in [-0.2, 0) is 0 Å². The SMILES string of the molecule is COc1ccc(-c2cc(N)n[nH]2)c(OC)c1C. The van der Waals surface area contributed by atoms with Gasteiger partial charge >= 0.3 is 0 Å². The van der Waals surface area contributed by atoms with Crippen LogP contribution >= 0.6 is 0 Å². The number of ether oxygens (including phenoxy) is 2. The molecule has 0 aliphatic heterocycles. The number of H-pyrrole nitrogens is 1. The Kier molecular flexibility index (Phi) is 2.91. The van der Waals surface area contributed by atoms with E-state index in [4.69, 9.17) is 15.2 Å². The largest absolute Gasteiger partial charge is 0.496 e. The number of hydrogen-bond donors (Lipinski definition) is 2. The van der Waals surface area contributed by atoms with Crippen LogP contribution in [0.25, 0.3) is 11.3 Å². The van der Waals surface area contributed by atoms with Gasteiger partial charge in [0.15, 0.2) is 0 Å². The van der Waals surface area contributed by atoms with Crippen molar-refractivity contribution in [3.8, 4) is 22.8 Å². The molecule has 17 heavy (non-hydrogen) atoms. The first-order valence-corrected chi connectivity index (χ1v) is 5.20. The van der Waals surface area contributed by atoms with Crippen LogP contribution in [0.4, 0.5) is 5.82 Å². The molecule has 2 rings (SSSR count). The zero-order chi connectivity index (χ0) is 12.4. The molecule has 5 heteroatoms. The number of nitrogen functional groups attached to an aromatic ring is 1. The normalized spacial score (nSPS) is 10.3. The van der Waals surface area contributed by atoms with Crippen LogP contribution in [0, 0.1) is 6.92 Å². The minimum atomic E-state index is 0.454. The number of nitrogens with one attached hydrogen (secondary N) is 1. The minimum Gasteiger partial charge on any atom is -0.496 e. The van der Waals surface area contributed by atoms with E-state index in [1.165, 1.54) is 0 Å². The Hall–Kier alpha value is -2.17. The lowest BCUT2D eigenvalue weighted by molar-refractivity contribution is 0.390. The van der Waals surface area contributed by atoms with Crippen molar-refractivity contribution >= 4 is 5.82 Å². The zero-order valence-corrected chi connectivity index (χ0v) is 10.1. The number of aromatic amines is 1. The van der Waals surface area contributed by atoms with E-state index >= 15 is 0 Å². The average molecular weight is 233 g/mol. The molecule has 90 valence electrons. The number of anilines is 1. The van der Waals surface area contributed by atoms with Crippen molar-refractivity contribution in [2.75, 3.05) is 20.0 Å². The summed E-state index contributed by atoms with van der Waals surface area (Å²) in [5.74, 6) is 2.00. The van der Waals surface area contributed by atoms with E-state index in [9.17, 15) is 0 Å². The van der Waals surface area contributed by atoms with Gasteiger partial charge < -0.3 is 15.2 Å². The Morgan fingerprint density at radius 3 is 2.53 bits per heavy atom. The monoisotopic (exact) mass is 233 g/mol. The van der Waals surface area contributed by atoms with Crippen molar-refractivity contribution in [3.63, 3.8) is 0 Å². The van der Waals surface area contributed by atoms with Crippen molar-refractivity contribution in [2.45, 2.75) is 6.92 Å². The lowest BCUT2D eigenvalue weighted by atomic mass is 10.1. The van der Waals surface area contributed by atoms with Crippen molar-refractivity contribution in [2.24, 2.45) is 0 Å². The fourth-order valence-corrected chi connectivity index (χ4v) is 1.85. The van der Waals surface area contributed by atoms with Crippen LogP contribution in [0.5, 0.6) is 11.5 Å². The fraction of sp³-hybridized carbons (Fsp3) is 0.250. The number of nitrogens with two attached hydrogens (primary N) is 1. The predicted molar refractivity (Wildman–Crippen MR) is 66.3 cm³/mol. The van der Waals surface area contributed by atoms with E-state index in [0.29, 0.717) is 5.82 Å². The Morgan fingerprint density at radius 1 is 1.24 bits per heavy atom. The zero-order valence-electron chi connectivity index (χ0n) is 10.1. The standard InChI is InChI=1S/C12H15N3O2/c1-7-10(16-2)5-4-8(12(7)17-3)9-6-11(13)15-14-9/h4-6H,1-3H3,(H3,13,14,15). The summed E-state index contributed by atoms with van der Waals surface area (Å²) < 4.78 is 10.7. The topological polar surface area (TPSA) is 73.2 Å². The third-order valence-corrected chi connectivity index (χ3v) is 2.67. The van der Waals surface area contributed by atoms with Gasteiger partial charge in [0, 0.05) is 17.2 Å². The first kappa shape index (κ1) is 11.3. The minimum absolute atomic E-state index is 0.454. The second-order valence-electron chi connectivity index (χ2n) is 3.68. The molecule has 0 unspecified atom stereocenters. The van der Waals surface area contributed by atoms with Crippen molar-refractivity contribution in [1.29, 1.82) is 0 Å². The highest BCUT2D eigenvalue weighted by molar-refractivity contribution is 5.72. The molecular formula is C12H15N3O2. The lowest BCUT2D eigenvalue weighted by Crippen LogP contribution is -1.95. The summed E-state index contributed by atoms with van der Waals surface area (Å²) in [7, 11) is 3.26. The lowest BCUT2D eigenvalue weighted by Gasteiger charge is -2.13. The molecule has 1 aromatic heterocycles. The van der Waals surface area contributed by atoms with E-state index < -0.39 is 0 Å². The number of rotatable bonds is 3. The molecule has 0 spiro atoms. The molecule has 0 amide bonds. The quantitative estimate of drug-likeness (QED) is 0.850. The molecule has 2 aromatic rings. The van der Waals surface area contributed by atoms with Crippen LogP contribution in [0.1, 0.15) is 5.56 Å². The van der Waals surface area contributed by atoms with Gasteiger partial charge in [0.25, 0.3) is 0 Å². The highest BCUT2D eigenvalue weighted by Crippen LogP contribution is 2.37. The maximum atomic E-state index is 5.59. The van der Waals surface area contributed by atoms with Crippen LogP contribution in [0.3, 0.4) is 0 Å². The number of hydrogen-bond acceptors (Lipinski definition) is 4. The van der Waals surface area contributed by atoms with Crippen LogP contribution in [0.15, 0.2) is 18.2 Å². The van der Waals surface area contributed by atoms with Gasteiger partial charge in [-0.1, -0.05) is 0 Å². The predicted octanol–water partition coefficient (Wildman–Crippen LogP) is 1.98. The molecule has 0 fully saturated rings. The van der Waals surface area contributed by atoms with Crippen molar-refractivity contribution in [1.82, 2.24) is 10.2 Å². The summed E-state index contributed by atoms with van der Waals surface area (Å²) in [6.45, 7) is 1.95. The smallest absolute Gasteiger partial charge is 0.145 e. The average Bonchev–Trinajstić information content (AvgIpc) is 2.75. The summed E-state index contributed by atoms with van der Waals surface area (Å²) in [6, 6.07) is 5.58. The Morgan fingerprint density at radius 2 is 2.00 bits per heavy atom. The summed E-state index contributed by atoms with van der Waals surface area (Å²) in [6.07, 6.45) is 0. The molecular weight excluding hydrogens is 218 g/mol. The van der Waals surface area contributed by atoms with E-state index in [0.717, 1.165) is 28.3 Å². The summed E-state index contributed by atoms with van der Waals surface area (Å²) >= 11 is 0. The highest BCUT2D eigenvalue weighted by atomic mass is 16.5. The Balaban J connectivity index is 2.58. The van der Waals surface area contributed by atoms with Gasteiger partial charge in [0.2, 0.25) is 0 Å². The highest BCUT2D eigenvalue weighted by Gasteiger charge is 2.14. The Bertz CT molecular complexity index is 535. The molecule has 0 saturated heterocycles. The third-order valence-electron chi connectivity index (χ3n) is 2.67. The molecule has 1 heterocycles. The van der Waals surface area contributed by atoms with Gasteiger partial charge in [0.05, 0.1) is 19.9 Å². The second-order valence-corrected chi connectivity index (χ2v) is 3.68. The molecule has 1 aromatic carbocycles. The van der Waals surface area contributed by atoms with Gasteiger partial charge in [0.1, 0.15) is 17.3 Å². The van der Waals surface area contributed by atoms with E-state index in [1.54, 1.807) is 20.3 Å². The molecule has 0 aliphatic rings. The molecule has 0 saturated carbocycles. The first-order chi connectivity index (χ1) is 8.17. The van der Waals surface area contributed by atoms with Crippen molar-refractivity contribution < 1.29 is 9.47 Å². The van der Waals surface area contributed by atoms with E-state index in [-0.39, 0.29) is 0 Å². The summed E-state index contributed by atoms with van der Waals surface area (Å²) in [5.41, 5.74) is 8.27. The van der Waals surface area contributed by atoms with Crippen LogP contribution in [0.2, 0.25) is 0 Å². The molecule has 0 bridgehead atoms. The third kappa shape index (κ3) is 1.91. The number of nitrogens with zero attached hydrogens (tertiary/aromatic N) is 1. The number of aromatic nitrogens is 2. The van der Waals surface area contributed by atoms with Gasteiger partial charge in [-0.15, -0.1) is 0 Å². The van der Waals surface area contributed by atoms with Gasteiger partial charge in [-0.25, -0.2) is 0 Å². The Labute approximate surface area is 99.5 Å². The summed E-state index contributed by atoms with van der Waals surface area (Å²) in [4.78, 5) is 0.